The molecule has 0 heterocycles. The van der Waals surface area contributed by atoms with E-state index in [4.69, 9.17) is 4.84 Å². The molecule has 7 nitrogen and oxygen atoms in total. The molecule has 0 aliphatic heterocycles. The number of aliphatic hydroxyl groups is 1. The molecule has 0 aromatic heterocycles. The third kappa shape index (κ3) is 8.26. The number of nitrogens with one attached hydrogen (secondary N) is 4. The Morgan fingerprint density at radius 2 is 2.05 bits per heavy atom. The fourth-order valence-corrected chi connectivity index (χ4v) is 1.42. The second-order valence-corrected chi connectivity index (χ2v) is 4.45. The minimum Gasteiger partial charge on any atom is -0.391 e. The molecule has 0 aliphatic rings. The number of hydrogen-bond acceptors (Lipinski definition) is 7. The van der Waals surface area contributed by atoms with Gasteiger partial charge in [0, 0.05) is 11.3 Å². The summed E-state index contributed by atoms with van der Waals surface area (Å²) in [7, 11) is 1.68. The summed E-state index contributed by atoms with van der Waals surface area (Å²) in [6.07, 6.45) is 2.60. The van der Waals surface area contributed by atoms with Crippen LogP contribution in [0.4, 0.5) is 0 Å². The molecule has 0 spiro atoms. The Morgan fingerprint density at radius 1 is 1.38 bits per heavy atom. The van der Waals surface area contributed by atoms with Gasteiger partial charge in [0.25, 0.3) is 0 Å². The zero-order chi connectivity index (χ0) is 16.3. The lowest BCUT2D eigenvalue weighted by atomic mass is 10.1. The predicted octanol–water partition coefficient (Wildman–Crippen LogP) is 0.899. The zero-order valence-electron chi connectivity index (χ0n) is 13.4. The highest BCUT2D eigenvalue weighted by Gasteiger charge is 2.11. The van der Waals surface area contributed by atoms with Crippen molar-refractivity contribution in [1.29, 1.82) is 0 Å². The average molecular weight is 297 g/mol. The lowest BCUT2D eigenvalue weighted by Crippen LogP contribution is -2.53. The summed E-state index contributed by atoms with van der Waals surface area (Å²) in [6.45, 7) is 11.5. The van der Waals surface area contributed by atoms with Crippen LogP contribution in [0, 0.1) is 0 Å². The molecule has 0 aromatic rings. The number of rotatable bonds is 10. The largest absolute Gasteiger partial charge is 0.391 e. The van der Waals surface area contributed by atoms with Crippen molar-refractivity contribution in [3.05, 3.63) is 35.6 Å². The number of nitrogens with zero attached hydrogens (tertiary/aromatic N) is 1. The van der Waals surface area contributed by atoms with Gasteiger partial charge in [0.1, 0.15) is 6.61 Å². The van der Waals surface area contributed by atoms with E-state index < -0.39 is 6.35 Å². The van der Waals surface area contributed by atoms with Crippen LogP contribution in [0.2, 0.25) is 0 Å². The van der Waals surface area contributed by atoms with Gasteiger partial charge >= 0.3 is 0 Å². The summed E-state index contributed by atoms with van der Waals surface area (Å²) in [6, 6.07) is 0. The van der Waals surface area contributed by atoms with Crippen LogP contribution < -0.4 is 21.7 Å². The van der Waals surface area contributed by atoms with Crippen LogP contribution in [-0.2, 0) is 4.84 Å². The molecule has 0 radical (unpaired) electrons. The van der Waals surface area contributed by atoms with E-state index in [2.05, 4.69) is 33.4 Å². The van der Waals surface area contributed by atoms with E-state index in [1.807, 2.05) is 33.8 Å². The van der Waals surface area contributed by atoms with Crippen molar-refractivity contribution in [3.63, 3.8) is 0 Å². The van der Waals surface area contributed by atoms with Crippen molar-refractivity contribution in [3.8, 4) is 0 Å². The summed E-state index contributed by atoms with van der Waals surface area (Å²) >= 11 is 0. The molecule has 7 heteroatoms. The number of oxime groups is 1. The van der Waals surface area contributed by atoms with Crippen LogP contribution in [0.3, 0.4) is 0 Å². The Bertz CT molecular complexity index is 412. The van der Waals surface area contributed by atoms with E-state index in [0.29, 0.717) is 0 Å². The maximum absolute atomic E-state index is 9.82. The van der Waals surface area contributed by atoms with E-state index in [1.54, 1.807) is 13.1 Å². The Labute approximate surface area is 126 Å². The smallest absolute Gasteiger partial charge is 0.195 e. The van der Waals surface area contributed by atoms with Crippen molar-refractivity contribution in [2.24, 2.45) is 5.16 Å². The zero-order valence-corrected chi connectivity index (χ0v) is 13.4. The van der Waals surface area contributed by atoms with Gasteiger partial charge in [0.05, 0.1) is 5.71 Å². The van der Waals surface area contributed by atoms with Crippen molar-refractivity contribution in [1.82, 2.24) is 21.7 Å². The Morgan fingerprint density at radius 3 is 2.52 bits per heavy atom. The van der Waals surface area contributed by atoms with E-state index >= 15 is 0 Å². The number of hydrazine groups is 2. The Kier molecular flexibility index (Phi) is 10.2. The molecule has 0 bridgehead atoms. The first-order valence-corrected chi connectivity index (χ1v) is 6.70. The second kappa shape index (κ2) is 11.0. The molecule has 0 fully saturated rings. The van der Waals surface area contributed by atoms with Gasteiger partial charge in [-0.2, -0.15) is 11.0 Å². The summed E-state index contributed by atoms with van der Waals surface area (Å²) < 4.78 is 0. The summed E-state index contributed by atoms with van der Waals surface area (Å²) in [5.41, 5.74) is 11.2. The lowest BCUT2D eigenvalue weighted by molar-refractivity contribution is 0.0887. The van der Waals surface area contributed by atoms with E-state index in [-0.39, 0.29) is 6.61 Å². The highest BCUT2D eigenvalue weighted by molar-refractivity contribution is 5.78. The van der Waals surface area contributed by atoms with Crippen LogP contribution in [0.5, 0.6) is 0 Å². The van der Waals surface area contributed by atoms with E-state index in [9.17, 15) is 5.11 Å². The van der Waals surface area contributed by atoms with Gasteiger partial charge in [0.2, 0.25) is 0 Å². The number of allylic oxidation sites excluding steroid dienone is 3. The molecule has 0 amide bonds. The first-order valence-electron chi connectivity index (χ1n) is 6.70. The minimum absolute atomic E-state index is 0.280. The Hall–Kier alpha value is -1.67. The molecule has 21 heavy (non-hydrogen) atoms. The minimum atomic E-state index is -0.979. The summed E-state index contributed by atoms with van der Waals surface area (Å²) in [4.78, 5) is 5.30. The molecular formula is C14H27N5O2. The molecule has 0 rings (SSSR count). The van der Waals surface area contributed by atoms with Gasteiger partial charge in [-0.3, -0.25) is 0 Å². The molecule has 0 aromatic carbocycles. The van der Waals surface area contributed by atoms with Crippen LogP contribution in [-0.4, -0.2) is 30.8 Å². The summed E-state index contributed by atoms with van der Waals surface area (Å²) in [5, 5.41) is 16.7. The summed E-state index contributed by atoms with van der Waals surface area (Å²) in [5.74, 6) is 0. The number of aliphatic hydroxyl groups excluding tert-OH is 1. The monoisotopic (exact) mass is 297 g/mol. The molecule has 0 aliphatic carbocycles. The molecule has 0 saturated carbocycles. The van der Waals surface area contributed by atoms with Crippen LogP contribution >= 0.6 is 0 Å². The quantitative estimate of drug-likeness (QED) is 0.178. The fourth-order valence-electron chi connectivity index (χ4n) is 1.42. The third-order valence-electron chi connectivity index (χ3n) is 2.48. The molecule has 0 saturated heterocycles. The van der Waals surface area contributed by atoms with Gasteiger partial charge in [0.15, 0.2) is 6.35 Å². The van der Waals surface area contributed by atoms with Crippen molar-refractivity contribution in [2.75, 3.05) is 13.7 Å². The maximum Gasteiger partial charge on any atom is 0.195 e. The third-order valence-corrected chi connectivity index (χ3v) is 2.48. The maximum atomic E-state index is 9.82. The molecule has 5 N–H and O–H groups in total. The first-order chi connectivity index (χ1) is 9.96. The molecule has 1 atom stereocenters. The fraction of sp³-hybridized carbons (Fsp3) is 0.500. The highest BCUT2D eigenvalue weighted by atomic mass is 16.6. The second-order valence-electron chi connectivity index (χ2n) is 4.45. The standard InChI is InChI=1S/C14H27N5O2/c1-7-11(5)12(9-21-18-10(3)4)13(8-2)16-14(20)17-19-15-6/h7-8,14-17,19-20H,1,9H2,2-6H3/b12-11-,13-8+. The first kappa shape index (κ1) is 19.3. The van der Waals surface area contributed by atoms with Crippen molar-refractivity contribution >= 4 is 5.71 Å². The molecule has 120 valence electrons. The van der Waals surface area contributed by atoms with Crippen molar-refractivity contribution < 1.29 is 9.94 Å². The SMILES string of the molecule is C=C/C(C)=C(CON=C(C)C)\C(=C/C)NC(O)NNNC. The molecule has 1 unspecified atom stereocenters. The average Bonchev–Trinajstić information content (AvgIpc) is 2.46. The highest BCUT2D eigenvalue weighted by Crippen LogP contribution is 2.15. The van der Waals surface area contributed by atoms with Gasteiger partial charge in [-0.15, -0.1) is 0 Å². The predicted molar refractivity (Wildman–Crippen MR) is 85.9 cm³/mol. The van der Waals surface area contributed by atoms with Crippen LogP contribution in [0.1, 0.15) is 27.7 Å². The van der Waals surface area contributed by atoms with Gasteiger partial charge in [-0.1, -0.05) is 23.9 Å². The number of hydrogen-bond donors (Lipinski definition) is 5. The Balaban J connectivity index is 4.95. The van der Waals surface area contributed by atoms with E-state index in [0.717, 1.165) is 22.6 Å². The van der Waals surface area contributed by atoms with Gasteiger partial charge in [-0.25, -0.2) is 5.43 Å². The van der Waals surface area contributed by atoms with Gasteiger partial charge < -0.3 is 15.3 Å². The van der Waals surface area contributed by atoms with Crippen LogP contribution in [0.15, 0.2) is 40.7 Å². The van der Waals surface area contributed by atoms with Crippen molar-refractivity contribution in [2.45, 2.75) is 34.0 Å². The normalized spacial score (nSPS) is 14.1. The van der Waals surface area contributed by atoms with Gasteiger partial charge in [-0.05, 0) is 40.3 Å². The van der Waals surface area contributed by atoms with Crippen LogP contribution in [0.25, 0.3) is 0 Å². The molecular weight excluding hydrogens is 270 g/mol. The topological polar surface area (TPSA) is 89.9 Å². The van der Waals surface area contributed by atoms with E-state index in [1.165, 1.54) is 0 Å². The lowest BCUT2D eigenvalue weighted by Gasteiger charge is -2.21.